The number of Topliss-reactive ketones (excluding diaryl/α,β-unsaturated/α-hetero) is 1. The van der Waals surface area contributed by atoms with Crippen molar-refractivity contribution in [3.05, 3.63) is 29.8 Å². The molecule has 0 aliphatic carbocycles. The predicted octanol–water partition coefficient (Wildman–Crippen LogP) is 3.60. The van der Waals surface area contributed by atoms with Gasteiger partial charge in [0.2, 0.25) is 0 Å². The molecule has 0 aliphatic rings. The minimum Gasteiger partial charge on any atom is -0.494 e. The lowest BCUT2D eigenvalue weighted by molar-refractivity contribution is -0.116. The maximum Gasteiger partial charge on any atom is 0.147 e. The number of hydrogen-bond donors (Lipinski definition) is 0. The molecular formula is C14H19ClO2. The fourth-order valence-electron chi connectivity index (χ4n) is 1.41. The Labute approximate surface area is 108 Å². The number of ketones is 1. The monoisotopic (exact) mass is 254 g/mol. The van der Waals surface area contributed by atoms with E-state index in [1.165, 1.54) is 6.92 Å². The predicted molar refractivity (Wildman–Crippen MR) is 70.9 cm³/mol. The smallest absolute Gasteiger partial charge is 0.147 e. The second kappa shape index (κ2) is 7.33. The summed E-state index contributed by atoms with van der Waals surface area (Å²) in [7, 11) is 0. The van der Waals surface area contributed by atoms with Crippen LogP contribution in [-0.2, 0) is 11.2 Å². The van der Waals surface area contributed by atoms with Crippen molar-refractivity contribution in [3.8, 4) is 5.75 Å². The molecule has 3 heteroatoms. The van der Waals surface area contributed by atoms with Crippen molar-refractivity contribution in [3.63, 3.8) is 0 Å². The van der Waals surface area contributed by atoms with Gasteiger partial charge in [-0.15, -0.1) is 11.6 Å². The largest absolute Gasteiger partial charge is 0.494 e. The zero-order valence-electron chi connectivity index (χ0n) is 10.4. The first-order valence-corrected chi connectivity index (χ1v) is 6.43. The molecule has 0 saturated heterocycles. The van der Waals surface area contributed by atoms with E-state index < -0.39 is 5.38 Å². The first-order valence-electron chi connectivity index (χ1n) is 5.99. The van der Waals surface area contributed by atoms with Crippen molar-refractivity contribution < 1.29 is 9.53 Å². The summed E-state index contributed by atoms with van der Waals surface area (Å²) < 4.78 is 5.55. The Hall–Kier alpha value is -1.02. The summed E-state index contributed by atoms with van der Waals surface area (Å²) in [6.45, 7) is 4.40. The number of benzene rings is 1. The number of alkyl halides is 1. The Bertz CT molecular complexity index is 346. The number of carbonyl (C=O) groups is 1. The van der Waals surface area contributed by atoms with Crippen LogP contribution >= 0.6 is 11.6 Å². The molecule has 0 spiro atoms. The molecule has 0 fully saturated rings. The summed E-state index contributed by atoms with van der Waals surface area (Å²) in [5.74, 6) is 0.881. The lowest BCUT2D eigenvalue weighted by atomic mass is 10.1. The third kappa shape index (κ3) is 5.22. The van der Waals surface area contributed by atoms with Crippen LogP contribution in [0.3, 0.4) is 0 Å². The number of ether oxygens (including phenoxy) is 1. The SMILES string of the molecule is CCCCOc1ccc(CC(Cl)C(C)=O)cc1. The molecule has 0 bridgehead atoms. The van der Waals surface area contributed by atoms with E-state index in [-0.39, 0.29) is 5.78 Å². The van der Waals surface area contributed by atoms with Gasteiger partial charge in [0, 0.05) is 0 Å². The molecule has 0 radical (unpaired) electrons. The number of rotatable bonds is 7. The minimum absolute atomic E-state index is 0.00920. The highest BCUT2D eigenvalue weighted by molar-refractivity contribution is 6.30. The zero-order valence-corrected chi connectivity index (χ0v) is 11.2. The van der Waals surface area contributed by atoms with Gasteiger partial charge >= 0.3 is 0 Å². The number of hydrogen-bond acceptors (Lipinski definition) is 2. The van der Waals surface area contributed by atoms with Gasteiger partial charge in [-0.1, -0.05) is 25.5 Å². The molecule has 1 aromatic rings. The van der Waals surface area contributed by atoms with Gasteiger partial charge in [0.05, 0.1) is 12.0 Å². The van der Waals surface area contributed by atoms with Crippen LogP contribution in [0.2, 0.25) is 0 Å². The van der Waals surface area contributed by atoms with Crippen LogP contribution in [0, 0.1) is 0 Å². The quantitative estimate of drug-likeness (QED) is 0.549. The van der Waals surface area contributed by atoms with Crippen LogP contribution in [0.5, 0.6) is 5.75 Å². The molecule has 0 aliphatic heterocycles. The summed E-state index contributed by atoms with van der Waals surface area (Å²) in [5.41, 5.74) is 1.06. The number of halogens is 1. The Balaban J connectivity index is 2.47. The van der Waals surface area contributed by atoms with E-state index in [2.05, 4.69) is 6.92 Å². The van der Waals surface area contributed by atoms with E-state index in [9.17, 15) is 4.79 Å². The second-order valence-electron chi connectivity index (χ2n) is 4.13. The molecular weight excluding hydrogens is 236 g/mol. The van der Waals surface area contributed by atoms with E-state index in [1.807, 2.05) is 24.3 Å². The molecule has 1 atom stereocenters. The van der Waals surface area contributed by atoms with E-state index in [0.29, 0.717) is 6.42 Å². The number of carbonyl (C=O) groups excluding carboxylic acids is 1. The van der Waals surface area contributed by atoms with Crippen molar-refractivity contribution in [2.45, 2.75) is 38.5 Å². The highest BCUT2D eigenvalue weighted by Crippen LogP contribution is 2.15. The van der Waals surface area contributed by atoms with Crippen LogP contribution < -0.4 is 4.74 Å². The van der Waals surface area contributed by atoms with Crippen molar-refractivity contribution in [2.24, 2.45) is 0 Å². The van der Waals surface area contributed by atoms with Gasteiger partial charge in [-0.05, 0) is 37.5 Å². The maximum atomic E-state index is 11.0. The van der Waals surface area contributed by atoms with Crippen LogP contribution in [0.4, 0.5) is 0 Å². The Kier molecular flexibility index (Phi) is 6.06. The molecule has 0 amide bonds. The van der Waals surface area contributed by atoms with Crippen molar-refractivity contribution in [2.75, 3.05) is 6.61 Å². The standard InChI is InChI=1S/C14H19ClO2/c1-3-4-9-17-13-7-5-12(6-8-13)10-14(15)11(2)16/h5-8,14H,3-4,9-10H2,1-2H3. The first-order chi connectivity index (χ1) is 8.13. The highest BCUT2D eigenvalue weighted by Gasteiger charge is 2.10. The molecule has 1 unspecified atom stereocenters. The van der Waals surface area contributed by atoms with Crippen LogP contribution in [-0.4, -0.2) is 17.8 Å². The van der Waals surface area contributed by atoms with Crippen molar-refractivity contribution in [1.82, 2.24) is 0 Å². The molecule has 17 heavy (non-hydrogen) atoms. The van der Waals surface area contributed by atoms with Gasteiger partial charge in [-0.25, -0.2) is 0 Å². The fourth-order valence-corrected chi connectivity index (χ4v) is 1.58. The van der Waals surface area contributed by atoms with Crippen LogP contribution in [0.15, 0.2) is 24.3 Å². The molecule has 94 valence electrons. The third-order valence-electron chi connectivity index (χ3n) is 2.55. The van der Waals surface area contributed by atoms with Gasteiger partial charge < -0.3 is 4.74 Å². The van der Waals surface area contributed by atoms with Gasteiger partial charge in [0.25, 0.3) is 0 Å². The molecule has 0 saturated carbocycles. The van der Waals surface area contributed by atoms with Crippen molar-refractivity contribution >= 4 is 17.4 Å². The van der Waals surface area contributed by atoms with E-state index >= 15 is 0 Å². The van der Waals surface area contributed by atoms with Gasteiger partial charge in [0.1, 0.15) is 11.5 Å². The summed E-state index contributed by atoms with van der Waals surface area (Å²) in [4.78, 5) is 11.0. The average molecular weight is 255 g/mol. The molecule has 0 N–H and O–H groups in total. The van der Waals surface area contributed by atoms with E-state index in [1.54, 1.807) is 0 Å². The topological polar surface area (TPSA) is 26.3 Å². The molecule has 1 rings (SSSR count). The van der Waals surface area contributed by atoms with Crippen LogP contribution in [0.1, 0.15) is 32.3 Å². The zero-order chi connectivity index (χ0) is 12.7. The molecule has 0 heterocycles. The average Bonchev–Trinajstić information content (AvgIpc) is 2.31. The van der Waals surface area contributed by atoms with Gasteiger partial charge in [-0.2, -0.15) is 0 Å². The normalized spacial score (nSPS) is 12.2. The molecule has 1 aromatic carbocycles. The summed E-state index contributed by atoms with van der Waals surface area (Å²) in [6.07, 6.45) is 2.77. The van der Waals surface area contributed by atoms with Gasteiger partial charge in [-0.3, -0.25) is 4.79 Å². The van der Waals surface area contributed by atoms with Crippen LogP contribution in [0.25, 0.3) is 0 Å². The maximum absolute atomic E-state index is 11.0. The third-order valence-corrected chi connectivity index (χ3v) is 3.01. The number of unbranched alkanes of at least 4 members (excludes halogenated alkanes) is 1. The summed E-state index contributed by atoms with van der Waals surface area (Å²) >= 11 is 5.91. The molecule has 2 nitrogen and oxygen atoms in total. The lowest BCUT2D eigenvalue weighted by Gasteiger charge is -2.08. The highest BCUT2D eigenvalue weighted by atomic mass is 35.5. The molecule has 0 aromatic heterocycles. The fraction of sp³-hybridized carbons (Fsp3) is 0.500. The van der Waals surface area contributed by atoms with E-state index in [4.69, 9.17) is 16.3 Å². The van der Waals surface area contributed by atoms with Gasteiger partial charge in [0.15, 0.2) is 0 Å². The lowest BCUT2D eigenvalue weighted by Crippen LogP contribution is -2.13. The first kappa shape index (κ1) is 14.0. The Morgan fingerprint density at radius 2 is 2.00 bits per heavy atom. The summed E-state index contributed by atoms with van der Waals surface area (Å²) in [5, 5.41) is -0.429. The van der Waals surface area contributed by atoms with Crippen molar-refractivity contribution in [1.29, 1.82) is 0 Å². The Morgan fingerprint density at radius 3 is 2.53 bits per heavy atom. The second-order valence-corrected chi connectivity index (χ2v) is 4.66. The summed E-state index contributed by atoms with van der Waals surface area (Å²) in [6, 6.07) is 7.77. The Morgan fingerprint density at radius 1 is 1.35 bits per heavy atom. The minimum atomic E-state index is -0.429. The van der Waals surface area contributed by atoms with E-state index in [0.717, 1.165) is 30.8 Å².